The third kappa shape index (κ3) is 7.96. The average molecular weight is 667 g/mol. The van der Waals surface area contributed by atoms with E-state index >= 15 is 0 Å². The summed E-state index contributed by atoms with van der Waals surface area (Å²) < 4.78 is 4.97. The summed E-state index contributed by atoms with van der Waals surface area (Å²) >= 11 is 9.77. The van der Waals surface area contributed by atoms with Gasteiger partial charge >= 0.3 is 5.91 Å². The first kappa shape index (κ1) is 31.1. The lowest BCUT2D eigenvalue weighted by molar-refractivity contribution is -0.124. The SMILES string of the molecule is O=C(N/N=C1/SCC(=O)N1Cc1ccccc1)c1cccs1.O=C(N/N=C1/SCC(=O)N1c1ccc(Cl)cc1)c1ccco1. The third-order valence-corrected chi connectivity index (χ3v) is 8.89. The van der Waals surface area contributed by atoms with Crippen LogP contribution in [0.25, 0.3) is 0 Å². The number of nitrogens with one attached hydrogen (secondary N) is 2. The molecule has 2 aliphatic rings. The summed E-state index contributed by atoms with van der Waals surface area (Å²) in [5.74, 6) is -0.0952. The van der Waals surface area contributed by atoms with Crippen molar-refractivity contribution in [3.63, 3.8) is 0 Å². The van der Waals surface area contributed by atoms with E-state index in [0.717, 1.165) is 5.56 Å². The van der Waals surface area contributed by atoms with Crippen LogP contribution in [-0.4, -0.2) is 50.4 Å². The molecule has 44 heavy (non-hydrogen) atoms. The minimum atomic E-state index is -0.478. The predicted molar refractivity (Wildman–Crippen MR) is 174 cm³/mol. The Kier molecular flexibility index (Phi) is 10.5. The number of carbonyl (C=O) groups excluding carboxylic acids is 4. The number of carbonyl (C=O) groups is 4. The van der Waals surface area contributed by atoms with E-state index < -0.39 is 5.91 Å². The van der Waals surface area contributed by atoms with E-state index in [0.29, 0.717) is 38.2 Å². The molecule has 0 aliphatic carbocycles. The van der Waals surface area contributed by atoms with Gasteiger partial charge in [-0.25, -0.2) is 10.9 Å². The minimum Gasteiger partial charge on any atom is -0.459 e. The van der Waals surface area contributed by atoms with Gasteiger partial charge < -0.3 is 4.42 Å². The van der Waals surface area contributed by atoms with Crippen LogP contribution in [0.2, 0.25) is 5.02 Å². The molecule has 6 rings (SSSR count). The number of nitrogens with zero attached hydrogens (tertiary/aromatic N) is 4. The molecular formula is C29H23ClN6O5S3. The number of furan rings is 1. The van der Waals surface area contributed by atoms with Crippen LogP contribution in [0.5, 0.6) is 0 Å². The maximum atomic E-state index is 12.0. The Morgan fingerprint density at radius 3 is 2.23 bits per heavy atom. The number of hydrazone groups is 2. The number of amidine groups is 2. The van der Waals surface area contributed by atoms with Crippen LogP contribution >= 0.6 is 46.5 Å². The first-order valence-corrected chi connectivity index (χ1v) is 16.1. The molecule has 0 unspecified atom stereocenters. The molecular weight excluding hydrogens is 644 g/mol. The maximum Gasteiger partial charge on any atom is 0.307 e. The van der Waals surface area contributed by atoms with Crippen molar-refractivity contribution in [2.24, 2.45) is 10.2 Å². The zero-order valence-electron chi connectivity index (χ0n) is 22.7. The molecule has 2 aromatic heterocycles. The van der Waals surface area contributed by atoms with Crippen molar-refractivity contribution >= 4 is 86.1 Å². The van der Waals surface area contributed by atoms with E-state index in [-0.39, 0.29) is 29.2 Å². The second kappa shape index (κ2) is 14.9. The van der Waals surface area contributed by atoms with E-state index in [1.165, 1.54) is 52.1 Å². The number of benzene rings is 2. The number of hydrogen-bond acceptors (Lipinski definition) is 10. The Bertz CT molecular complexity index is 1680. The molecule has 2 saturated heterocycles. The van der Waals surface area contributed by atoms with Gasteiger partial charge in [0.25, 0.3) is 5.91 Å². The van der Waals surface area contributed by atoms with Crippen molar-refractivity contribution in [1.82, 2.24) is 15.8 Å². The zero-order valence-corrected chi connectivity index (χ0v) is 25.9. The molecule has 0 bridgehead atoms. The summed E-state index contributed by atoms with van der Waals surface area (Å²) in [5, 5.41) is 11.4. The normalized spacial score (nSPS) is 16.3. The summed E-state index contributed by atoms with van der Waals surface area (Å²) in [4.78, 5) is 51.3. The third-order valence-electron chi connectivity index (χ3n) is 5.89. The molecule has 4 heterocycles. The first-order chi connectivity index (χ1) is 21.4. The highest BCUT2D eigenvalue weighted by atomic mass is 35.5. The summed E-state index contributed by atoms with van der Waals surface area (Å²) in [6.07, 6.45) is 1.40. The Morgan fingerprint density at radius 1 is 0.818 bits per heavy atom. The summed E-state index contributed by atoms with van der Waals surface area (Å²) in [6, 6.07) is 23.2. The molecule has 2 N–H and O–H groups in total. The molecule has 4 amide bonds. The molecule has 2 fully saturated rings. The van der Waals surface area contributed by atoms with Crippen molar-refractivity contribution in [2.75, 3.05) is 16.4 Å². The number of anilines is 1. The van der Waals surface area contributed by atoms with E-state index in [1.54, 1.807) is 41.3 Å². The second-order valence-corrected chi connectivity index (χ2v) is 12.1. The lowest BCUT2D eigenvalue weighted by Crippen LogP contribution is -2.31. The van der Waals surface area contributed by atoms with Crippen LogP contribution in [0.1, 0.15) is 25.8 Å². The van der Waals surface area contributed by atoms with Gasteiger partial charge in [0.2, 0.25) is 11.8 Å². The van der Waals surface area contributed by atoms with Crippen LogP contribution in [0.15, 0.2) is 105 Å². The number of thioether (sulfide) groups is 2. The van der Waals surface area contributed by atoms with Gasteiger partial charge in [-0.1, -0.05) is 71.5 Å². The van der Waals surface area contributed by atoms with Crippen molar-refractivity contribution in [3.8, 4) is 0 Å². The standard InChI is InChI=1S/C15H13N3O2S2.C14H10ClN3O3S/c19-13-10-22-15(17-16-14(20)12-7-4-8-21-12)18(13)9-11-5-2-1-3-6-11;15-9-3-5-10(6-4-9)18-12(19)8-22-14(18)17-16-13(20)11-2-1-7-21-11/h1-8H,9-10H2,(H,16,20);1-7H,8H2,(H,16,20)/b17-15+;17-14+. The lowest BCUT2D eigenvalue weighted by atomic mass is 10.2. The van der Waals surface area contributed by atoms with Gasteiger partial charge in [-0.05, 0) is 53.4 Å². The smallest absolute Gasteiger partial charge is 0.307 e. The van der Waals surface area contributed by atoms with Crippen molar-refractivity contribution in [2.45, 2.75) is 6.54 Å². The van der Waals surface area contributed by atoms with Gasteiger partial charge in [0.15, 0.2) is 16.1 Å². The Labute approximate surface area is 269 Å². The Balaban J connectivity index is 0.000000175. The van der Waals surface area contributed by atoms with Gasteiger partial charge in [-0.2, -0.15) is 0 Å². The van der Waals surface area contributed by atoms with Crippen molar-refractivity contribution < 1.29 is 23.6 Å². The van der Waals surface area contributed by atoms with E-state index in [9.17, 15) is 19.2 Å². The minimum absolute atomic E-state index is 0.00187. The first-order valence-electron chi connectivity index (χ1n) is 12.9. The van der Waals surface area contributed by atoms with E-state index in [2.05, 4.69) is 21.1 Å². The van der Waals surface area contributed by atoms with Crippen molar-refractivity contribution in [1.29, 1.82) is 0 Å². The highest BCUT2D eigenvalue weighted by Gasteiger charge is 2.30. The molecule has 11 nitrogen and oxygen atoms in total. The fourth-order valence-corrected chi connectivity index (χ4v) is 6.22. The van der Waals surface area contributed by atoms with Crippen LogP contribution < -0.4 is 15.8 Å². The summed E-state index contributed by atoms with van der Waals surface area (Å²) in [7, 11) is 0. The zero-order chi connectivity index (χ0) is 30.9. The molecule has 4 aromatic rings. The monoisotopic (exact) mass is 666 g/mol. The second-order valence-electron chi connectivity index (χ2n) is 8.87. The molecule has 224 valence electrons. The molecule has 0 spiro atoms. The lowest BCUT2D eigenvalue weighted by Gasteiger charge is -2.15. The predicted octanol–water partition coefficient (Wildman–Crippen LogP) is 5.24. The quantitative estimate of drug-likeness (QED) is 0.258. The summed E-state index contributed by atoms with van der Waals surface area (Å²) in [6.45, 7) is 0.459. The van der Waals surface area contributed by atoms with Gasteiger partial charge in [-0.15, -0.1) is 21.5 Å². The van der Waals surface area contributed by atoms with E-state index in [4.69, 9.17) is 16.0 Å². The Hall–Kier alpha value is -4.37. The highest BCUT2D eigenvalue weighted by Crippen LogP contribution is 2.27. The van der Waals surface area contributed by atoms with Crippen LogP contribution in [0, 0.1) is 0 Å². The van der Waals surface area contributed by atoms with Gasteiger partial charge in [0, 0.05) is 5.02 Å². The number of thiophene rings is 1. The number of hydrogen-bond donors (Lipinski definition) is 2. The van der Waals surface area contributed by atoms with Crippen molar-refractivity contribution in [3.05, 3.63) is 112 Å². The molecule has 15 heteroatoms. The summed E-state index contributed by atoms with van der Waals surface area (Å²) in [5.41, 5.74) is 6.55. The molecule has 2 aromatic carbocycles. The number of rotatable bonds is 7. The van der Waals surface area contributed by atoms with Gasteiger partial charge in [0.05, 0.1) is 34.9 Å². The highest BCUT2D eigenvalue weighted by molar-refractivity contribution is 8.15. The number of amides is 4. The van der Waals surface area contributed by atoms with Crippen LogP contribution in [0.4, 0.5) is 5.69 Å². The molecule has 2 aliphatic heterocycles. The molecule has 0 saturated carbocycles. The van der Waals surface area contributed by atoms with Crippen LogP contribution in [-0.2, 0) is 16.1 Å². The molecule has 0 radical (unpaired) electrons. The average Bonchev–Trinajstić information content (AvgIpc) is 3.86. The topological polar surface area (TPSA) is 137 Å². The van der Waals surface area contributed by atoms with Crippen LogP contribution in [0.3, 0.4) is 0 Å². The maximum absolute atomic E-state index is 12.0. The fraction of sp³-hybridized carbons (Fsp3) is 0.103. The largest absolute Gasteiger partial charge is 0.459 e. The number of halogens is 1. The Morgan fingerprint density at radius 2 is 1.52 bits per heavy atom. The van der Waals surface area contributed by atoms with Gasteiger partial charge in [0.1, 0.15) is 0 Å². The fourth-order valence-electron chi connectivity index (χ4n) is 3.82. The van der Waals surface area contributed by atoms with Gasteiger partial charge in [-0.3, -0.25) is 29.0 Å². The van der Waals surface area contributed by atoms with E-state index in [1.807, 2.05) is 41.8 Å². The molecule has 0 atom stereocenters.